The van der Waals surface area contributed by atoms with Crippen LogP contribution in [-0.4, -0.2) is 6.79 Å². The van der Waals surface area contributed by atoms with Gasteiger partial charge in [0, 0.05) is 12.1 Å². The van der Waals surface area contributed by atoms with E-state index in [1.54, 1.807) is 0 Å². The maximum atomic E-state index is 5.50. The molecule has 3 nitrogen and oxygen atoms in total. The molecule has 0 atom stereocenters. The van der Waals surface area contributed by atoms with Crippen LogP contribution in [0, 0.1) is 0 Å². The third-order valence-corrected chi connectivity index (χ3v) is 1.87. The number of nitrogens with two attached hydrogens (primary N) is 1. The van der Waals surface area contributed by atoms with Crippen LogP contribution in [0.2, 0.25) is 0 Å². The van der Waals surface area contributed by atoms with Crippen molar-refractivity contribution >= 4 is 0 Å². The molecule has 1 aromatic carbocycles. The summed E-state index contributed by atoms with van der Waals surface area (Å²) in [5.74, 6) is 1.59. The summed E-state index contributed by atoms with van der Waals surface area (Å²) >= 11 is 0. The van der Waals surface area contributed by atoms with Crippen LogP contribution >= 0.6 is 0 Å². The minimum atomic E-state index is 0.308. The minimum Gasteiger partial charge on any atom is -0.454 e. The molecule has 1 aliphatic rings. The standard InChI is InChI=1S/C10H11NO2/c1-7(11)4-8-2-3-9-10(5-8)13-6-12-9/h2-3,5H,1,4,6,11H2. The Bertz CT molecular complexity index is 347. The van der Waals surface area contributed by atoms with Crippen LogP contribution in [0.5, 0.6) is 11.5 Å². The molecular formula is C10H11NO2. The van der Waals surface area contributed by atoms with Crippen LogP contribution in [0.4, 0.5) is 0 Å². The van der Waals surface area contributed by atoms with Crippen LogP contribution in [-0.2, 0) is 6.42 Å². The zero-order valence-corrected chi connectivity index (χ0v) is 7.25. The molecule has 0 bridgehead atoms. The molecule has 0 amide bonds. The van der Waals surface area contributed by atoms with Gasteiger partial charge in [0.15, 0.2) is 11.5 Å². The molecule has 13 heavy (non-hydrogen) atoms. The molecule has 0 saturated carbocycles. The number of benzene rings is 1. The molecule has 0 aromatic heterocycles. The van der Waals surface area contributed by atoms with E-state index in [2.05, 4.69) is 6.58 Å². The topological polar surface area (TPSA) is 44.5 Å². The van der Waals surface area contributed by atoms with Crippen molar-refractivity contribution in [3.8, 4) is 11.5 Å². The summed E-state index contributed by atoms with van der Waals surface area (Å²) in [5.41, 5.74) is 7.25. The van der Waals surface area contributed by atoms with E-state index in [4.69, 9.17) is 15.2 Å². The first kappa shape index (κ1) is 7.98. The molecule has 68 valence electrons. The third-order valence-electron chi connectivity index (χ3n) is 1.87. The van der Waals surface area contributed by atoms with Gasteiger partial charge in [0.2, 0.25) is 6.79 Å². The lowest BCUT2D eigenvalue weighted by Gasteiger charge is -2.01. The normalized spacial score (nSPS) is 12.9. The van der Waals surface area contributed by atoms with Crippen LogP contribution < -0.4 is 15.2 Å². The minimum absolute atomic E-state index is 0.308. The fourth-order valence-corrected chi connectivity index (χ4v) is 1.31. The first-order valence-corrected chi connectivity index (χ1v) is 4.07. The molecule has 1 aromatic rings. The van der Waals surface area contributed by atoms with E-state index in [1.807, 2.05) is 18.2 Å². The van der Waals surface area contributed by atoms with Gasteiger partial charge in [-0.05, 0) is 17.7 Å². The van der Waals surface area contributed by atoms with Crippen LogP contribution in [0.15, 0.2) is 30.5 Å². The molecule has 1 heterocycles. The zero-order chi connectivity index (χ0) is 9.26. The molecule has 2 rings (SSSR count). The van der Waals surface area contributed by atoms with Crippen LogP contribution in [0.3, 0.4) is 0 Å². The molecule has 0 unspecified atom stereocenters. The van der Waals surface area contributed by atoms with Crippen molar-refractivity contribution in [2.75, 3.05) is 6.79 Å². The fraction of sp³-hybridized carbons (Fsp3) is 0.200. The van der Waals surface area contributed by atoms with Gasteiger partial charge in [0.05, 0.1) is 0 Å². The Morgan fingerprint density at radius 3 is 2.92 bits per heavy atom. The Kier molecular flexibility index (Phi) is 1.85. The Morgan fingerprint density at radius 1 is 1.38 bits per heavy atom. The second-order valence-corrected chi connectivity index (χ2v) is 3.02. The number of hydrogen-bond acceptors (Lipinski definition) is 3. The molecular weight excluding hydrogens is 166 g/mol. The summed E-state index contributed by atoms with van der Waals surface area (Å²) in [6.07, 6.45) is 0.677. The summed E-state index contributed by atoms with van der Waals surface area (Å²) in [7, 11) is 0. The predicted molar refractivity (Wildman–Crippen MR) is 49.6 cm³/mol. The SMILES string of the molecule is C=C(N)Cc1ccc2c(c1)OCO2. The van der Waals surface area contributed by atoms with Gasteiger partial charge in [0.1, 0.15) is 0 Å². The molecule has 0 fully saturated rings. The van der Waals surface area contributed by atoms with Crippen molar-refractivity contribution in [3.05, 3.63) is 36.0 Å². The van der Waals surface area contributed by atoms with Gasteiger partial charge in [-0.2, -0.15) is 0 Å². The molecule has 0 saturated heterocycles. The van der Waals surface area contributed by atoms with Gasteiger partial charge in [-0.15, -0.1) is 0 Å². The fourth-order valence-electron chi connectivity index (χ4n) is 1.31. The number of hydrogen-bond donors (Lipinski definition) is 1. The molecule has 0 radical (unpaired) electrons. The van der Waals surface area contributed by atoms with Crippen molar-refractivity contribution in [2.24, 2.45) is 5.73 Å². The Hall–Kier alpha value is -1.64. The quantitative estimate of drug-likeness (QED) is 0.743. The highest BCUT2D eigenvalue weighted by atomic mass is 16.7. The molecule has 3 heteroatoms. The number of rotatable bonds is 2. The van der Waals surface area contributed by atoms with E-state index >= 15 is 0 Å². The van der Waals surface area contributed by atoms with Crippen LogP contribution in [0.1, 0.15) is 5.56 Å². The second kappa shape index (κ2) is 3.01. The van der Waals surface area contributed by atoms with Crippen LogP contribution in [0.25, 0.3) is 0 Å². The van der Waals surface area contributed by atoms with E-state index in [1.165, 1.54) is 0 Å². The average Bonchev–Trinajstić information content (AvgIpc) is 2.49. The Morgan fingerprint density at radius 2 is 2.15 bits per heavy atom. The molecule has 0 spiro atoms. The van der Waals surface area contributed by atoms with E-state index in [-0.39, 0.29) is 0 Å². The van der Waals surface area contributed by atoms with E-state index in [9.17, 15) is 0 Å². The van der Waals surface area contributed by atoms with Gasteiger partial charge in [0.25, 0.3) is 0 Å². The smallest absolute Gasteiger partial charge is 0.231 e. The van der Waals surface area contributed by atoms with Crippen molar-refractivity contribution in [3.63, 3.8) is 0 Å². The van der Waals surface area contributed by atoms with E-state index in [0.29, 0.717) is 18.9 Å². The first-order valence-electron chi connectivity index (χ1n) is 4.07. The number of allylic oxidation sites excluding steroid dienone is 1. The van der Waals surface area contributed by atoms with Crippen molar-refractivity contribution in [2.45, 2.75) is 6.42 Å². The molecule has 2 N–H and O–H groups in total. The monoisotopic (exact) mass is 177 g/mol. The number of fused-ring (bicyclic) bond motifs is 1. The van der Waals surface area contributed by atoms with Gasteiger partial charge in [-0.1, -0.05) is 12.6 Å². The lowest BCUT2D eigenvalue weighted by atomic mass is 10.1. The summed E-state index contributed by atoms with van der Waals surface area (Å²) in [4.78, 5) is 0. The highest BCUT2D eigenvalue weighted by molar-refractivity contribution is 5.45. The van der Waals surface area contributed by atoms with Gasteiger partial charge < -0.3 is 15.2 Å². The van der Waals surface area contributed by atoms with Gasteiger partial charge in [-0.25, -0.2) is 0 Å². The maximum absolute atomic E-state index is 5.50. The lowest BCUT2D eigenvalue weighted by Crippen LogP contribution is -1.98. The van der Waals surface area contributed by atoms with E-state index in [0.717, 1.165) is 17.1 Å². The summed E-state index contributed by atoms with van der Waals surface area (Å²) < 4.78 is 10.4. The van der Waals surface area contributed by atoms with Gasteiger partial charge in [-0.3, -0.25) is 0 Å². The molecule has 0 aliphatic carbocycles. The van der Waals surface area contributed by atoms with E-state index < -0.39 is 0 Å². The average molecular weight is 177 g/mol. The largest absolute Gasteiger partial charge is 0.454 e. The van der Waals surface area contributed by atoms with Crippen molar-refractivity contribution in [1.82, 2.24) is 0 Å². The van der Waals surface area contributed by atoms with Crippen molar-refractivity contribution in [1.29, 1.82) is 0 Å². The third kappa shape index (κ3) is 1.59. The molecule has 1 aliphatic heterocycles. The lowest BCUT2D eigenvalue weighted by molar-refractivity contribution is 0.174. The first-order chi connectivity index (χ1) is 6.25. The highest BCUT2D eigenvalue weighted by Gasteiger charge is 2.12. The zero-order valence-electron chi connectivity index (χ0n) is 7.25. The number of ether oxygens (including phenoxy) is 2. The second-order valence-electron chi connectivity index (χ2n) is 3.02. The Labute approximate surface area is 76.8 Å². The summed E-state index contributed by atoms with van der Waals surface area (Å²) in [6, 6.07) is 5.78. The summed E-state index contributed by atoms with van der Waals surface area (Å²) in [5, 5.41) is 0. The maximum Gasteiger partial charge on any atom is 0.231 e. The summed E-state index contributed by atoms with van der Waals surface area (Å²) in [6.45, 7) is 3.96. The van der Waals surface area contributed by atoms with Gasteiger partial charge >= 0.3 is 0 Å². The predicted octanol–water partition coefficient (Wildman–Crippen LogP) is 1.43. The highest BCUT2D eigenvalue weighted by Crippen LogP contribution is 2.32. The Balaban J connectivity index is 2.25. The van der Waals surface area contributed by atoms with Crippen molar-refractivity contribution < 1.29 is 9.47 Å².